The van der Waals surface area contributed by atoms with Crippen LogP contribution >= 0.6 is 0 Å². The zero-order valence-electron chi connectivity index (χ0n) is 10.2. The monoisotopic (exact) mass is 233 g/mol. The first-order chi connectivity index (χ1) is 8.15. The van der Waals surface area contributed by atoms with Crippen molar-refractivity contribution in [3.63, 3.8) is 0 Å². The molecule has 0 aromatic heterocycles. The van der Waals surface area contributed by atoms with Crippen molar-refractivity contribution in [2.24, 2.45) is 5.73 Å². The highest BCUT2D eigenvalue weighted by molar-refractivity contribution is 5.95. The SMILES string of the molecule is C=CCCCC(C)Oc1ccccc1C(N)=O. The molecule has 0 aliphatic rings. The highest BCUT2D eigenvalue weighted by atomic mass is 16.5. The van der Waals surface area contributed by atoms with E-state index in [0.29, 0.717) is 11.3 Å². The lowest BCUT2D eigenvalue weighted by Crippen LogP contribution is -2.17. The van der Waals surface area contributed by atoms with Crippen LogP contribution in [0.3, 0.4) is 0 Å². The fraction of sp³-hybridized carbons (Fsp3) is 0.357. The Morgan fingerprint density at radius 3 is 2.88 bits per heavy atom. The van der Waals surface area contributed by atoms with E-state index in [1.807, 2.05) is 19.1 Å². The highest BCUT2D eigenvalue weighted by Crippen LogP contribution is 2.20. The van der Waals surface area contributed by atoms with Crippen LogP contribution in [0.5, 0.6) is 5.75 Å². The number of primary amides is 1. The summed E-state index contributed by atoms with van der Waals surface area (Å²) in [6, 6.07) is 7.05. The topological polar surface area (TPSA) is 52.3 Å². The van der Waals surface area contributed by atoms with Gasteiger partial charge < -0.3 is 10.5 Å². The number of amides is 1. The van der Waals surface area contributed by atoms with E-state index in [4.69, 9.17) is 10.5 Å². The summed E-state index contributed by atoms with van der Waals surface area (Å²) in [5.74, 6) is 0.102. The molecule has 0 heterocycles. The molecule has 0 bridgehead atoms. The van der Waals surface area contributed by atoms with Gasteiger partial charge >= 0.3 is 0 Å². The molecule has 0 saturated heterocycles. The lowest BCUT2D eigenvalue weighted by Gasteiger charge is -2.16. The van der Waals surface area contributed by atoms with Crippen molar-refractivity contribution in [3.8, 4) is 5.75 Å². The van der Waals surface area contributed by atoms with E-state index in [0.717, 1.165) is 19.3 Å². The molecule has 0 spiro atoms. The first-order valence-corrected chi connectivity index (χ1v) is 5.81. The molecule has 17 heavy (non-hydrogen) atoms. The van der Waals surface area contributed by atoms with Gasteiger partial charge in [0.1, 0.15) is 5.75 Å². The summed E-state index contributed by atoms with van der Waals surface area (Å²) in [7, 11) is 0. The number of ether oxygens (including phenoxy) is 1. The predicted molar refractivity (Wildman–Crippen MR) is 69.1 cm³/mol. The van der Waals surface area contributed by atoms with Crippen LogP contribution in [0.25, 0.3) is 0 Å². The van der Waals surface area contributed by atoms with Crippen LogP contribution in [-0.4, -0.2) is 12.0 Å². The molecule has 0 aliphatic carbocycles. The Morgan fingerprint density at radius 2 is 2.24 bits per heavy atom. The number of nitrogens with two attached hydrogens (primary N) is 1. The number of rotatable bonds is 7. The van der Waals surface area contributed by atoms with Gasteiger partial charge in [-0.15, -0.1) is 6.58 Å². The molecular formula is C14H19NO2. The Bertz CT molecular complexity index is 388. The maximum Gasteiger partial charge on any atom is 0.252 e. The van der Waals surface area contributed by atoms with Crippen molar-refractivity contribution in [3.05, 3.63) is 42.5 Å². The lowest BCUT2D eigenvalue weighted by molar-refractivity contribution is 0.0993. The van der Waals surface area contributed by atoms with Crippen molar-refractivity contribution in [1.29, 1.82) is 0 Å². The van der Waals surface area contributed by atoms with Crippen molar-refractivity contribution >= 4 is 5.91 Å². The molecule has 1 aromatic carbocycles. The van der Waals surface area contributed by atoms with E-state index in [2.05, 4.69) is 6.58 Å². The van der Waals surface area contributed by atoms with Gasteiger partial charge in [-0.25, -0.2) is 0 Å². The summed E-state index contributed by atoms with van der Waals surface area (Å²) < 4.78 is 5.72. The molecule has 3 nitrogen and oxygen atoms in total. The summed E-state index contributed by atoms with van der Waals surface area (Å²) in [4.78, 5) is 11.2. The third-order valence-electron chi connectivity index (χ3n) is 2.50. The Morgan fingerprint density at radius 1 is 1.53 bits per heavy atom. The number of benzene rings is 1. The maximum atomic E-state index is 11.2. The van der Waals surface area contributed by atoms with E-state index >= 15 is 0 Å². The maximum absolute atomic E-state index is 11.2. The van der Waals surface area contributed by atoms with Gasteiger partial charge in [0.15, 0.2) is 0 Å². The lowest BCUT2D eigenvalue weighted by atomic mass is 10.1. The summed E-state index contributed by atoms with van der Waals surface area (Å²) in [6.07, 6.45) is 4.90. The van der Waals surface area contributed by atoms with E-state index in [-0.39, 0.29) is 6.10 Å². The Balaban J connectivity index is 2.61. The zero-order chi connectivity index (χ0) is 12.7. The van der Waals surface area contributed by atoms with Crippen molar-refractivity contribution in [1.82, 2.24) is 0 Å². The summed E-state index contributed by atoms with van der Waals surface area (Å²) >= 11 is 0. The molecule has 92 valence electrons. The van der Waals surface area contributed by atoms with Gasteiger partial charge in [0, 0.05) is 0 Å². The van der Waals surface area contributed by atoms with Crippen LogP contribution in [0.1, 0.15) is 36.5 Å². The number of hydrogen-bond acceptors (Lipinski definition) is 2. The van der Waals surface area contributed by atoms with Gasteiger partial charge in [-0.2, -0.15) is 0 Å². The number of carbonyl (C=O) groups excluding carboxylic acids is 1. The summed E-state index contributed by atoms with van der Waals surface area (Å²) in [6.45, 7) is 5.66. The molecule has 0 saturated carbocycles. The second-order valence-electron chi connectivity index (χ2n) is 4.01. The van der Waals surface area contributed by atoms with Crippen LogP contribution in [-0.2, 0) is 0 Å². The van der Waals surface area contributed by atoms with Gasteiger partial charge in [0.2, 0.25) is 0 Å². The summed E-state index contributed by atoms with van der Waals surface area (Å²) in [5.41, 5.74) is 5.71. The van der Waals surface area contributed by atoms with Gasteiger partial charge in [-0.05, 0) is 38.3 Å². The Hall–Kier alpha value is -1.77. The highest BCUT2D eigenvalue weighted by Gasteiger charge is 2.11. The van der Waals surface area contributed by atoms with Crippen molar-refractivity contribution < 1.29 is 9.53 Å². The van der Waals surface area contributed by atoms with Gasteiger partial charge in [0.25, 0.3) is 5.91 Å². The fourth-order valence-corrected chi connectivity index (χ4v) is 1.60. The average molecular weight is 233 g/mol. The minimum atomic E-state index is -0.459. The standard InChI is InChI=1S/C14H19NO2/c1-3-4-5-8-11(2)17-13-10-7-6-9-12(13)14(15)16/h3,6-7,9-11H,1,4-5,8H2,2H3,(H2,15,16). The molecule has 0 fully saturated rings. The normalized spacial score (nSPS) is 11.8. The molecular weight excluding hydrogens is 214 g/mol. The van der Waals surface area contributed by atoms with Crippen LogP contribution in [0.4, 0.5) is 0 Å². The van der Waals surface area contributed by atoms with E-state index in [9.17, 15) is 4.79 Å². The first-order valence-electron chi connectivity index (χ1n) is 5.81. The van der Waals surface area contributed by atoms with Crippen molar-refractivity contribution in [2.45, 2.75) is 32.3 Å². The largest absolute Gasteiger partial charge is 0.490 e. The fourth-order valence-electron chi connectivity index (χ4n) is 1.60. The molecule has 0 aliphatic heterocycles. The molecule has 1 aromatic rings. The molecule has 1 unspecified atom stereocenters. The molecule has 1 amide bonds. The third kappa shape index (κ3) is 4.31. The summed E-state index contributed by atoms with van der Waals surface area (Å²) in [5, 5.41) is 0. The number of hydrogen-bond donors (Lipinski definition) is 1. The molecule has 0 radical (unpaired) electrons. The number of para-hydroxylation sites is 1. The second kappa shape index (κ2) is 6.74. The number of unbranched alkanes of at least 4 members (excludes halogenated alkanes) is 1. The number of carbonyl (C=O) groups is 1. The average Bonchev–Trinajstić information content (AvgIpc) is 2.29. The Labute approximate surface area is 102 Å². The predicted octanol–water partition coefficient (Wildman–Crippen LogP) is 2.91. The van der Waals surface area contributed by atoms with Gasteiger partial charge in [0.05, 0.1) is 11.7 Å². The minimum absolute atomic E-state index is 0.0652. The number of allylic oxidation sites excluding steroid dienone is 1. The van der Waals surface area contributed by atoms with E-state index in [1.165, 1.54) is 0 Å². The zero-order valence-corrected chi connectivity index (χ0v) is 10.2. The molecule has 1 atom stereocenters. The van der Waals surface area contributed by atoms with Crippen LogP contribution < -0.4 is 10.5 Å². The van der Waals surface area contributed by atoms with Gasteiger partial charge in [-0.1, -0.05) is 18.2 Å². The van der Waals surface area contributed by atoms with Crippen LogP contribution in [0.15, 0.2) is 36.9 Å². The van der Waals surface area contributed by atoms with E-state index < -0.39 is 5.91 Å². The quantitative estimate of drug-likeness (QED) is 0.581. The molecule has 3 heteroatoms. The van der Waals surface area contributed by atoms with Crippen LogP contribution in [0.2, 0.25) is 0 Å². The molecule has 1 rings (SSSR count). The third-order valence-corrected chi connectivity index (χ3v) is 2.50. The van der Waals surface area contributed by atoms with Crippen molar-refractivity contribution in [2.75, 3.05) is 0 Å². The smallest absolute Gasteiger partial charge is 0.252 e. The second-order valence-corrected chi connectivity index (χ2v) is 4.01. The minimum Gasteiger partial charge on any atom is -0.490 e. The Kier molecular flexibility index (Phi) is 5.27. The van der Waals surface area contributed by atoms with Crippen LogP contribution in [0, 0.1) is 0 Å². The molecule has 2 N–H and O–H groups in total. The van der Waals surface area contributed by atoms with Gasteiger partial charge in [-0.3, -0.25) is 4.79 Å². The van der Waals surface area contributed by atoms with E-state index in [1.54, 1.807) is 18.2 Å². The first kappa shape index (κ1) is 13.3.